The Balaban J connectivity index is 0.00000200. The lowest BCUT2D eigenvalue weighted by molar-refractivity contribution is -0.119. The van der Waals surface area contributed by atoms with E-state index in [0.717, 1.165) is 24.8 Å². The fourth-order valence-corrected chi connectivity index (χ4v) is 2.52. The molecular formula is C14H20ClN3O2. The first-order valence-corrected chi connectivity index (χ1v) is 6.44. The van der Waals surface area contributed by atoms with Crippen LogP contribution in [0.5, 0.6) is 0 Å². The highest BCUT2D eigenvalue weighted by Crippen LogP contribution is 2.25. The van der Waals surface area contributed by atoms with Crippen molar-refractivity contribution in [2.45, 2.75) is 32.2 Å². The third-order valence-electron chi connectivity index (χ3n) is 3.60. The summed E-state index contributed by atoms with van der Waals surface area (Å²) >= 11 is 0. The molecule has 2 rings (SSSR count). The SMILES string of the molecule is Cc1cc(NC(=O)C2CCC(N)C2)ccc1C(N)=O.Cl. The van der Waals surface area contributed by atoms with E-state index >= 15 is 0 Å². The van der Waals surface area contributed by atoms with Gasteiger partial charge in [-0.3, -0.25) is 9.59 Å². The van der Waals surface area contributed by atoms with Gasteiger partial charge < -0.3 is 16.8 Å². The summed E-state index contributed by atoms with van der Waals surface area (Å²) in [6.07, 6.45) is 2.48. The number of rotatable bonds is 3. The molecule has 1 aromatic rings. The molecule has 0 heterocycles. The lowest BCUT2D eigenvalue weighted by Crippen LogP contribution is -2.23. The van der Waals surface area contributed by atoms with Crippen LogP contribution in [0.4, 0.5) is 5.69 Å². The van der Waals surface area contributed by atoms with Gasteiger partial charge in [0.15, 0.2) is 0 Å². The largest absolute Gasteiger partial charge is 0.366 e. The van der Waals surface area contributed by atoms with E-state index < -0.39 is 5.91 Å². The zero-order chi connectivity index (χ0) is 14.0. The molecule has 5 N–H and O–H groups in total. The van der Waals surface area contributed by atoms with Crippen molar-refractivity contribution >= 4 is 29.9 Å². The number of amides is 2. The van der Waals surface area contributed by atoms with E-state index in [4.69, 9.17) is 11.5 Å². The van der Waals surface area contributed by atoms with Crippen molar-refractivity contribution in [3.05, 3.63) is 29.3 Å². The maximum Gasteiger partial charge on any atom is 0.248 e. The number of benzene rings is 1. The number of hydrogen-bond donors (Lipinski definition) is 3. The van der Waals surface area contributed by atoms with Crippen molar-refractivity contribution in [1.29, 1.82) is 0 Å². The van der Waals surface area contributed by atoms with E-state index in [1.165, 1.54) is 0 Å². The fraction of sp³-hybridized carbons (Fsp3) is 0.429. The molecule has 0 aromatic heterocycles. The normalized spacial score (nSPS) is 21.1. The number of nitrogens with two attached hydrogens (primary N) is 2. The van der Waals surface area contributed by atoms with Crippen molar-refractivity contribution in [2.75, 3.05) is 5.32 Å². The van der Waals surface area contributed by atoms with Crippen LogP contribution in [-0.2, 0) is 4.79 Å². The maximum atomic E-state index is 12.0. The second kappa shape index (κ2) is 6.72. The van der Waals surface area contributed by atoms with Crippen LogP contribution in [-0.4, -0.2) is 17.9 Å². The summed E-state index contributed by atoms with van der Waals surface area (Å²) in [4.78, 5) is 23.2. The molecule has 0 saturated heterocycles. The smallest absolute Gasteiger partial charge is 0.248 e. The first-order chi connectivity index (χ1) is 8.97. The van der Waals surface area contributed by atoms with Crippen LogP contribution in [0.3, 0.4) is 0 Å². The number of primary amides is 1. The molecule has 20 heavy (non-hydrogen) atoms. The Morgan fingerprint density at radius 2 is 2.00 bits per heavy atom. The van der Waals surface area contributed by atoms with Gasteiger partial charge in [0.05, 0.1) is 0 Å². The van der Waals surface area contributed by atoms with E-state index in [9.17, 15) is 9.59 Å². The number of carbonyl (C=O) groups excluding carboxylic acids is 2. The monoisotopic (exact) mass is 297 g/mol. The van der Waals surface area contributed by atoms with Gasteiger partial charge in [0, 0.05) is 23.2 Å². The Bertz CT molecular complexity index is 519. The Hall–Kier alpha value is -1.59. The second-order valence-corrected chi connectivity index (χ2v) is 5.15. The van der Waals surface area contributed by atoms with Gasteiger partial charge in [-0.2, -0.15) is 0 Å². The third-order valence-corrected chi connectivity index (χ3v) is 3.60. The van der Waals surface area contributed by atoms with Crippen LogP contribution in [0.1, 0.15) is 35.2 Å². The van der Waals surface area contributed by atoms with Crippen LogP contribution < -0.4 is 16.8 Å². The fourth-order valence-electron chi connectivity index (χ4n) is 2.52. The average Bonchev–Trinajstić information content (AvgIpc) is 2.75. The summed E-state index contributed by atoms with van der Waals surface area (Å²) in [6.45, 7) is 1.79. The quantitative estimate of drug-likeness (QED) is 0.790. The van der Waals surface area contributed by atoms with Gasteiger partial charge >= 0.3 is 0 Å². The van der Waals surface area contributed by atoms with Crippen molar-refractivity contribution in [3.63, 3.8) is 0 Å². The number of halogens is 1. The molecule has 5 nitrogen and oxygen atoms in total. The molecule has 1 saturated carbocycles. The highest BCUT2D eigenvalue weighted by atomic mass is 35.5. The van der Waals surface area contributed by atoms with Crippen molar-refractivity contribution in [2.24, 2.45) is 17.4 Å². The number of aryl methyl sites for hydroxylation is 1. The summed E-state index contributed by atoms with van der Waals surface area (Å²) < 4.78 is 0. The molecule has 1 aromatic carbocycles. The minimum Gasteiger partial charge on any atom is -0.366 e. The molecule has 2 unspecified atom stereocenters. The van der Waals surface area contributed by atoms with E-state index in [1.807, 2.05) is 0 Å². The molecule has 1 aliphatic carbocycles. The van der Waals surface area contributed by atoms with Crippen molar-refractivity contribution in [3.8, 4) is 0 Å². The zero-order valence-corrected chi connectivity index (χ0v) is 12.2. The summed E-state index contributed by atoms with van der Waals surface area (Å²) in [5.41, 5.74) is 13.0. The minimum absolute atomic E-state index is 0. The maximum absolute atomic E-state index is 12.0. The van der Waals surface area contributed by atoms with Gasteiger partial charge in [-0.15, -0.1) is 12.4 Å². The number of carbonyl (C=O) groups is 2. The summed E-state index contributed by atoms with van der Waals surface area (Å²) in [5, 5.41) is 2.86. The standard InChI is InChI=1S/C14H19N3O2.ClH/c1-8-6-11(4-5-12(8)13(16)18)17-14(19)9-2-3-10(15)7-9;/h4-6,9-10H,2-3,7,15H2,1H3,(H2,16,18)(H,17,19);1H. The molecule has 1 fully saturated rings. The van der Waals surface area contributed by atoms with Gasteiger partial charge in [0.2, 0.25) is 11.8 Å². The predicted molar refractivity (Wildman–Crippen MR) is 80.9 cm³/mol. The minimum atomic E-state index is -0.461. The van der Waals surface area contributed by atoms with E-state index in [0.29, 0.717) is 11.3 Å². The molecular weight excluding hydrogens is 278 g/mol. The highest BCUT2D eigenvalue weighted by molar-refractivity contribution is 5.96. The highest BCUT2D eigenvalue weighted by Gasteiger charge is 2.27. The zero-order valence-electron chi connectivity index (χ0n) is 11.4. The Morgan fingerprint density at radius 1 is 1.30 bits per heavy atom. The molecule has 0 spiro atoms. The summed E-state index contributed by atoms with van der Waals surface area (Å²) in [7, 11) is 0. The lowest BCUT2D eigenvalue weighted by atomic mass is 10.1. The molecule has 0 radical (unpaired) electrons. The van der Waals surface area contributed by atoms with Crippen LogP contribution in [0.25, 0.3) is 0 Å². The molecule has 0 bridgehead atoms. The molecule has 2 atom stereocenters. The van der Waals surface area contributed by atoms with Crippen LogP contribution in [0.15, 0.2) is 18.2 Å². The number of hydrogen-bond acceptors (Lipinski definition) is 3. The Morgan fingerprint density at radius 3 is 2.50 bits per heavy atom. The molecule has 6 heteroatoms. The lowest BCUT2D eigenvalue weighted by Gasteiger charge is -2.12. The molecule has 2 amide bonds. The molecule has 0 aliphatic heterocycles. The average molecular weight is 298 g/mol. The number of anilines is 1. The van der Waals surface area contributed by atoms with Crippen molar-refractivity contribution < 1.29 is 9.59 Å². The van der Waals surface area contributed by atoms with Gasteiger partial charge in [-0.25, -0.2) is 0 Å². The van der Waals surface area contributed by atoms with Crippen LogP contribution in [0.2, 0.25) is 0 Å². The molecule has 1 aliphatic rings. The Labute approximate surface area is 124 Å². The first kappa shape index (κ1) is 16.5. The van der Waals surface area contributed by atoms with Crippen molar-refractivity contribution in [1.82, 2.24) is 0 Å². The third kappa shape index (κ3) is 3.71. The second-order valence-electron chi connectivity index (χ2n) is 5.15. The van der Waals surface area contributed by atoms with E-state index in [-0.39, 0.29) is 30.3 Å². The molecule has 110 valence electrons. The van der Waals surface area contributed by atoms with Gasteiger partial charge in [0.1, 0.15) is 0 Å². The van der Waals surface area contributed by atoms with Gasteiger partial charge in [-0.05, 0) is 49.9 Å². The van der Waals surface area contributed by atoms with E-state index in [1.54, 1.807) is 25.1 Å². The van der Waals surface area contributed by atoms with E-state index in [2.05, 4.69) is 5.32 Å². The summed E-state index contributed by atoms with van der Waals surface area (Å²) in [6, 6.07) is 5.22. The van der Waals surface area contributed by atoms with Gasteiger partial charge in [-0.1, -0.05) is 0 Å². The Kier molecular flexibility index (Phi) is 5.53. The van der Waals surface area contributed by atoms with Crippen LogP contribution in [0, 0.1) is 12.8 Å². The summed E-state index contributed by atoms with van der Waals surface area (Å²) in [5.74, 6) is -0.470. The number of nitrogens with one attached hydrogen (secondary N) is 1. The predicted octanol–water partition coefficient (Wildman–Crippen LogP) is 1.58. The van der Waals surface area contributed by atoms with Gasteiger partial charge in [0.25, 0.3) is 0 Å². The topological polar surface area (TPSA) is 98.2 Å². The van der Waals surface area contributed by atoms with Crippen LogP contribution >= 0.6 is 12.4 Å². The first-order valence-electron chi connectivity index (χ1n) is 6.44.